The van der Waals surface area contributed by atoms with Gasteiger partial charge in [0.2, 0.25) is 0 Å². The van der Waals surface area contributed by atoms with Crippen LogP contribution in [-0.2, 0) is 27.2 Å². The Morgan fingerprint density at radius 1 is 1.00 bits per heavy atom. The predicted octanol–water partition coefficient (Wildman–Crippen LogP) is 3.02. The van der Waals surface area contributed by atoms with E-state index < -0.39 is 39.3 Å². The van der Waals surface area contributed by atoms with Crippen molar-refractivity contribution in [1.82, 2.24) is 0 Å². The zero-order valence-electron chi connectivity index (χ0n) is 8.41. The molecule has 0 amide bonds. The van der Waals surface area contributed by atoms with Crippen molar-refractivity contribution in [2.75, 3.05) is 0 Å². The van der Waals surface area contributed by atoms with E-state index in [1.165, 1.54) is 13.8 Å². The normalized spacial score (nSPS) is 58.0. The molecule has 10 heteroatoms. The molecule has 0 radical (unpaired) electrons. The molecule has 94 valence electrons. The smallest absolute Gasteiger partial charge is 0.291 e. The first-order valence-electron chi connectivity index (χ1n) is 4.53. The van der Waals surface area contributed by atoms with Crippen molar-refractivity contribution in [1.29, 1.82) is 0 Å². The molecule has 0 aliphatic carbocycles. The second-order valence-electron chi connectivity index (χ2n) is 3.62. The molecule has 6 atom stereocenters. The summed E-state index contributed by atoms with van der Waals surface area (Å²) in [5.74, 6) is 0. The summed E-state index contributed by atoms with van der Waals surface area (Å²) in [5, 5.41) is 0. The Morgan fingerprint density at radius 2 is 1.50 bits per heavy atom. The average Bonchev–Trinajstić information content (AvgIpc) is 2.05. The van der Waals surface area contributed by atoms with E-state index in [9.17, 15) is 13.3 Å². The van der Waals surface area contributed by atoms with Gasteiger partial charge in [-0.2, -0.15) is 0 Å². The van der Waals surface area contributed by atoms with Crippen molar-refractivity contribution in [3.8, 4) is 0 Å². The van der Waals surface area contributed by atoms with Crippen LogP contribution < -0.4 is 0 Å². The standard InChI is InChI=1S/C6H10ClFO6P2/c1-3-6-5(13-15(7,9)11-3)4(2)12-16(8,10)14-6/h3-6H,1-2H3. The van der Waals surface area contributed by atoms with E-state index in [1.54, 1.807) is 0 Å². The van der Waals surface area contributed by atoms with Gasteiger partial charge in [0.15, 0.2) is 0 Å². The lowest BCUT2D eigenvalue weighted by atomic mass is 10.1. The molecule has 2 rings (SSSR count). The zero-order valence-corrected chi connectivity index (χ0v) is 11.0. The molecule has 0 aromatic carbocycles. The molecule has 2 saturated heterocycles. The van der Waals surface area contributed by atoms with E-state index in [4.69, 9.17) is 20.3 Å². The molecule has 6 unspecified atom stereocenters. The largest absolute Gasteiger partial charge is 0.513 e. The second kappa shape index (κ2) is 4.02. The minimum atomic E-state index is -4.60. The van der Waals surface area contributed by atoms with Gasteiger partial charge in [0.1, 0.15) is 12.2 Å². The van der Waals surface area contributed by atoms with Gasteiger partial charge in [-0.1, -0.05) is 0 Å². The molecule has 2 heterocycles. The zero-order chi connectivity index (χ0) is 12.1. The third-order valence-electron chi connectivity index (χ3n) is 2.33. The molecular formula is C6H10ClFO6P2. The Labute approximate surface area is 96.3 Å². The Kier molecular flexibility index (Phi) is 3.26. The molecule has 16 heavy (non-hydrogen) atoms. The van der Waals surface area contributed by atoms with E-state index in [2.05, 4.69) is 9.05 Å². The molecule has 2 fully saturated rings. The van der Waals surface area contributed by atoms with Gasteiger partial charge in [0.05, 0.1) is 12.2 Å². The Hall–Kier alpha value is 0.520. The topological polar surface area (TPSA) is 71.1 Å². The van der Waals surface area contributed by atoms with E-state index in [0.717, 1.165) is 0 Å². The highest BCUT2D eigenvalue weighted by Crippen LogP contribution is 2.65. The molecule has 2 aliphatic rings. The van der Waals surface area contributed by atoms with E-state index in [1.807, 2.05) is 0 Å². The van der Waals surface area contributed by atoms with Crippen molar-refractivity contribution < 1.29 is 31.4 Å². The Bertz CT molecular complexity index is 355. The maximum absolute atomic E-state index is 13.2. The summed E-state index contributed by atoms with van der Waals surface area (Å²) < 4.78 is 54.5. The van der Waals surface area contributed by atoms with Crippen LogP contribution in [-0.4, -0.2) is 24.4 Å². The molecule has 0 saturated carbocycles. The van der Waals surface area contributed by atoms with Gasteiger partial charge >= 0.3 is 14.9 Å². The minimum Gasteiger partial charge on any atom is -0.291 e. The quantitative estimate of drug-likeness (QED) is 0.640. The molecule has 0 spiro atoms. The number of rotatable bonds is 0. The summed E-state index contributed by atoms with van der Waals surface area (Å²) in [6.45, 7) is -0.800. The van der Waals surface area contributed by atoms with Crippen molar-refractivity contribution in [2.45, 2.75) is 38.3 Å². The van der Waals surface area contributed by atoms with E-state index in [-0.39, 0.29) is 0 Å². The lowest BCUT2D eigenvalue weighted by Crippen LogP contribution is -2.51. The molecule has 0 aromatic rings. The Morgan fingerprint density at radius 3 is 2.12 bits per heavy atom. The highest BCUT2D eigenvalue weighted by atomic mass is 35.7. The minimum absolute atomic E-state index is 0.794. The van der Waals surface area contributed by atoms with Crippen LogP contribution in [0, 0.1) is 0 Å². The van der Waals surface area contributed by atoms with Gasteiger partial charge in [-0.3, -0.25) is 18.1 Å². The van der Waals surface area contributed by atoms with Crippen molar-refractivity contribution in [3.63, 3.8) is 0 Å². The van der Waals surface area contributed by atoms with Crippen LogP contribution in [0.25, 0.3) is 0 Å². The molecule has 0 bridgehead atoms. The van der Waals surface area contributed by atoms with Crippen LogP contribution in [0.4, 0.5) is 4.20 Å². The van der Waals surface area contributed by atoms with Gasteiger partial charge < -0.3 is 0 Å². The maximum Gasteiger partial charge on any atom is 0.513 e. The lowest BCUT2D eigenvalue weighted by Gasteiger charge is -2.43. The number of fused-ring (bicyclic) bond motifs is 1. The monoisotopic (exact) mass is 294 g/mol. The fourth-order valence-electron chi connectivity index (χ4n) is 1.68. The predicted molar refractivity (Wildman–Crippen MR) is 53.0 cm³/mol. The van der Waals surface area contributed by atoms with Crippen LogP contribution >= 0.6 is 26.1 Å². The first-order chi connectivity index (χ1) is 7.20. The third-order valence-corrected chi connectivity index (χ3v) is 4.97. The molecule has 0 aromatic heterocycles. The van der Waals surface area contributed by atoms with Crippen LogP contribution in [0.1, 0.15) is 13.8 Å². The third kappa shape index (κ3) is 2.51. The maximum atomic E-state index is 13.2. The molecule has 6 nitrogen and oxygen atoms in total. The van der Waals surface area contributed by atoms with Crippen molar-refractivity contribution >= 4 is 26.1 Å². The highest BCUT2D eigenvalue weighted by Gasteiger charge is 2.54. The summed E-state index contributed by atoms with van der Waals surface area (Å²) in [6, 6.07) is 0. The summed E-state index contributed by atoms with van der Waals surface area (Å²) in [7, 11) is -4.60. The summed E-state index contributed by atoms with van der Waals surface area (Å²) >= 11 is 5.46. The van der Waals surface area contributed by atoms with Crippen molar-refractivity contribution in [3.05, 3.63) is 0 Å². The van der Waals surface area contributed by atoms with Gasteiger partial charge in [0, 0.05) is 11.2 Å². The first-order valence-corrected chi connectivity index (χ1v) is 8.41. The SMILES string of the molecule is CC1OP(=O)(Cl)OC2C(C)OP(=O)(F)OC12. The van der Waals surface area contributed by atoms with Crippen LogP contribution in [0.5, 0.6) is 0 Å². The van der Waals surface area contributed by atoms with E-state index >= 15 is 0 Å². The average molecular weight is 295 g/mol. The van der Waals surface area contributed by atoms with E-state index in [0.29, 0.717) is 0 Å². The van der Waals surface area contributed by atoms with Gasteiger partial charge in [-0.15, -0.1) is 4.20 Å². The first kappa shape index (κ1) is 13.0. The highest BCUT2D eigenvalue weighted by molar-refractivity contribution is 7.81. The summed E-state index contributed by atoms with van der Waals surface area (Å²) in [4.78, 5) is 0. The number of hydrogen-bond acceptors (Lipinski definition) is 6. The fraction of sp³-hybridized carbons (Fsp3) is 1.00. The van der Waals surface area contributed by atoms with Crippen LogP contribution in [0.2, 0.25) is 0 Å². The summed E-state index contributed by atoms with van der Waals surface area (Å²) in [6.07, 6.45) is -3.50. The van der Waals surface area contributed by atoms with Gasteiger partial charge in [-0.05, 0) is 13.8 Å². The Balaban J connectivity index is 2.26. The van der Waals surface area contributed by atoms with Gasteiger partial charge in [0.25, 0.3) is 0 Å². The van der Waals surface area contributed by atoms with Crippen LogP contribution in [0.3, 0.4) is 0 Å². The van der Waals surface area contributed by atoms with Crippen molar-refractivity contribution in [2.24, 2.45) is 0 Å². The molecular weight excluding hydrogens is 284 g/mol. The second-order valence-corrected chi connectivity index (χ2v) is 7.43. The number of hydrogen-bond donors (Lipinski definition) is 0. The lowest BCUT2D eigenvalue weighted by molar-refractivity contribution is -0.133. The van der Waals surface area contributed by atoms with Crippen LogP contribution in [0.15, 0.2) is 0 Å². The molecule has 2 aliphatic heterocycles. The molecule has 0 N–H and O–H groups in total. The summed E-state index contributed by atoms with van der Waals surface area (Å²) in [5.41, 5.74) is 0. The van der Waals surface area contributed by atoms with Gasteiger partial charge in [-0.25, -0.2) is 9.13 Å². The fourth-order valence-corrected chi connectivity index (χ4v) is 4.63. The number of halogens is 2.